The van der Waals surface area contributed by atoms with Crippen LogP contribution < -0.4 is 9.46 Å². The number of anilines is 1. The zero-order valence-electron chi connectivity index (χ0n) is 12.7. The van der Waals surface area contributed by atoms with Gasteiger partial charge in [0.2, 0.25) is 0 Å². The number of hydrogen-bond donors (Lipinski definition) is 2. The molecule has 0 amide bonds. The van der Waals surface area contributed by atoms with Crippen molar-refractivity contribution in [3.05, 3.63) is 53.6 Å². The average molecular weight is 335 g/mol. The molecule has 0 fully saturated rings. The highest BCUT2D eigenvalue weighted by Gasteiger charge is 2.20. The number of hydrogen-bond acceptors (Lipinski definition) is 4. The molecule has 23 heavy (non-hydrogen) atoms. The first-order chi connectivity index (χ1) is 10.9. The molecule has 0 heterocycles. The van der Waals surface area contributed by atoms with Crippen molar-refractivity contribution in [2.24, 2.45) is 0 Å². The average Bonchev–Trinajstić information content (AvgIpc) is 2.54. The van der Waals surface area contributed by atoms with Gasteiger partial charge in [-0.1, -0.05) is 19.1 Å². The topological polar surface area (TPSA) is 92.7 Å². The maximum atomic E-state index is 12.6. The minimum absolute atomic E-state index is 0.000487. The Morgan fingerprint density at radius 2 is 1.96 bits per heavy atom. The zero-order chi connectivity index (χ0) is 17.0. The number of carboxylic acids is 1. The minimum Gasteiger partial charge on any atom is -0.495 e. The van der Waals surface area contributed by atoms with E-state index in [9.17, 15) is 13.2 Å². The van der Waals surface area contributed by atoms with Gasteiger partial charge >= 0.3 is 5.97 Å². The lowest BCUT2D eigenvalue weighted by Gasteiger charge is -2.13. The van der Waals surface area contributed by atoms with Gasteiger partial charge in [-0.2, -0.15) is 0 Å². The van der Waals surface area contributed by atoms with Crippen LogP contribution in [0.3, 0.4) is 0 Å². The number of carboxylic acid groups (broad SMARTS) is 1. The first-order valence-corrected chi connectivity index (χ1v) is 8.38. The van der Waals surface area contributed by atoms with Gasteiger partial charge < -0.3 is 9.84 Å². The van der Waals surface area contributed by atoms with Crippen molar-refractivity contribution < 1.29 is 23.1 Å². The van der Waals surface area contributed by atoms with Crippen molar-refractivity contribution in [1.29, 1.82) is 0 Å². The van der Waals surface area contributed by atoms with E-state index in [2.05, 4.69) is 4.72 Å². The number of carbonyl (C=O) groups is 1. The molecule has 0 bridgehead atoms. The molecule has 2 aromatic carbocycles. The fraction of sp³-hybridized carbons (Fsp3) is 0.188. The summed E-state index contributed by atoms with van der Waals surface area (Å²) in [5.41, 5.74) is 1.03. The Kier molecular flexibility index (Phi) is 4.90. The van der Waals surface area contributed by atoms with Gasteiger partial charge in [0, 0.05) is 5.69 Å². The largest absolute Gasteiger partial charge is 0.495 e. The summed E-state index contributed by atoms with van der Waals surface area (Å²) in [6, 6.07) is 10.5. The quantitative estimate of drug-likeness (QED) is 0.847. The standard InChI is InChI=1S/C16H17NO5S/c1-3-11-7-8-14(22-2)15(9-11)23(20,21)17-13-6-4-5-12(10-13)16(18)19/h4-10,17H,3H2,1-2H3,(H,18,19). The molecule has 0 unspecified atom stereocenters. The van der Waals surface area contributed by atoms with Gasteiger partial charge in [-0.05, 0) is 42.3 Å². The summed E-state index contributed by atoms with van der Waals surface area (Å²) in [5, 5.41) is 8.98. The van der Waals surface area contributed by atoms with Gasteiger partial charge in [0.25, 0.3) is 10.0 Å². The van der Waals surface area contributed by atoms with Crippen LogP contribution in [0.5, 0.6) is 5.75 Å². The van der Waals surface area contributed by atoms with Crippen molar-refractivity contribution in [3.8, 4) is 5.75 Å². The number of nitrogens with one attached hydrogen (secondary N) is 1. The molecule has 2 rings (SSSR count). The van der Waals surface area contributed by atoms with Crippen molar-refractivity contribution in [3.63, 3.8) is 0 Å². The summed E-state index contributed by atoms with van der Waals surface area (Å²) in [6.45, 7) is 1.92. The third-order valence-electron chi connectivity index (χ3n) is 3.29. The highest BCUT2D eigenvalue weighted by Crippen LogP contribution is 2.27. The number of aromatic carboxylic acids is 1. The summed E-state index contributed by atoms with van der Waals surface area (Å²) >= 11 is 0. The molecular weight excluding hydrogens is 318 g/mol. The number of ether oxygens (including phenoxy) is 1. The monoisotopic (exact) mass is 335 g/mol. The predicted octanol–water partition coefficient (Wildman–Crippen LogP) is 2.76. The molecule has 0 atom stereocenters. The molecule has 0 aromatic heterocycles. The first-order valence-electron chi connectivity index (χ1n) is 6.90. The van der Waals surface area contributed by atoms with Crippen LogP contribution in [0.4, 0.5) is 5.69 Å². The Bertz CT molecular complexity index is 830. The van der Waals surface area contributed by atoms with E-state index in [0.717, 1.165) is 5.56 Å². The second-order valence-electron chi connectivity index (χ2n) is 4.83. The Hall–Kier alpha value is -2.54. The van der Waals surface area contributed by atoms with Crippen LogP contribution in [0.25, 0.3) is 0 Å². The van der Waals surface area contributed by atoms with E-state index < -0.39 is 16.0 Å². The van der Waals surface area contributed by atoms with Crippen LogP contribution in [0.1, 0.15) is 22.8 Å². The molecule has 2 N–H and O–H groups in total. The van der Waals surface area contributed by atoms with Crippen LogP contribution >= 0.6 is 0 Å². The Morgan fingerprint density at radius 3 is 2.57 bits per heavy atom. The number of rotatable bonds is 6. The Morgan fingerprint density at radius 1 is 1.22 bits per heavy atom. The van der Waals surface area contributed by atoms with Crippen molar-refractivity contribution in [2.75, 3.05) is 11.8 Å². The highest BCUT2D eigenvalue weighted by molar-refractivity contribution is 7.92. The first kappa shape index (κ1) is 16.8. The van der Waals surface area contributed by atoms with Crippen LogP contribution in [0.15, 0.2) is 47.4 Å². The molecule has 7 heteroatoms. The van der Waals surface area contributed by atoms with Crippen molar-refractivity contribution >= 4 is 21.7 Å². The van der Waals surface area contributed by atoms with Gasteiger partial charge in [-0.15, -0.1) is 0 Å². The second-order valence-corrected chi connectivity index (χ2v) is 6.48. The lowest BCUT2D eigenvalue weighted by Crippen LogP contribution is -2.15. The molecule has 0 aliphatic rings. The third-order valence-corrected chi connectivity index (χ3v) is 4.69. The van der Waals surface area contributed by atoms with E-state index >= 15 is 0 Å². The maximum Gasteiger partial charge on any atom is 0.335 e. The highest BCUT2D eigenvalue weighted by atomic mass is 32.2. The minimum atomic E-state index is -3.90. The number of sulfonamides is 1. The predicted molar refractivity (Wildman–Crippen MR) is 86.6 cm³/mol. The zero-order valence-corrected chi connectivity index (χ0v) is 13.6. The smallest absolute Gasteiger partial charge is 0.335 e. The van der Waals surface area contributed by atoms with E-state index in [-0.39, 0.29) is 21.9 Å². The maximum absolute atomic E-state index is 12.6. The molecule has 0 spiro atoms. The lowest BCUT2D eigenvalue weighted by molar-refractivity contribution is 0.0697. The Labute approximate surface area is 134 Å². The summed E-state index contributed by atoms with van der Waals surface area (Å²) < 4.78 is 32.7. The normalized spacial score (nSPS) is 11.0. The molecule has 122 valence electrons. The van der Waals surface area contributed by atoms with Crippen LogP contribution in [0, 0.1) is 0 Å². The summed E-state index contributed by atoms with van der Waals surface area (Å²) in [7, 11) is -2.51. The van der Waals surface area contributed by atoms with Crippen LogP contribution in [0.2, 0.25) is 0 Å². The Balaban J connectivity index is 2.43. The molecule has 6 nitrogen and oxygen atoms in total. The fourth-order valence-electron chi connectivity index (χ4n) is 2.08. The van der Waals surface area contributed by atoms with E-state index in [4.69, 9.17) is 9.84 Å². The second kappa shape index (κ2) is 6.70. The van der Waals surface area contributed by atoms with Crippen LogP contribution in [-0.2, 0) is 16.4 Å². The number of benzene rings is 2. The van der Waals surface area contributed by atoms with Gasteiger partial charge in [0.05, 0.1) is 12.7 Å². The molecule has 0 radical (unpaired) electrons. The number of methoxy groups -OCH3 is 1. The van der Waals surface area contributed by atoms with Gasteiger partial charge in [-0.25, -0.2) is 13.2 Å². The number of aryl methyl sites for hydroxylation is 1. The SMILES string of the molecule is CCc1ccc(OC)c(S(=O)(=O)Nc2cccc(C(=O)O)c2)c1. The summed E-state index contributed by atoms with van der Waals surface area (Å²) in [4.78, 5) is 11.0. The molecule has 2 aromatic rings. The molecule has 0 saturated heterocycles. The molecule has 0 aliphatic carbocycles. The summed E-state index contributed by atoms with van der Waals surface area (Å²) in [5.74, 6) is -0.902. The van der Waals surface area contributed by atoms with Crippen molar-refractivity contribution in [2.45, 2.75) is 18.2 Å². The van der Waals surface area contributed by atoms with E-state index in [1.165, 1.54) is 31.4 Å². The fourth-order valence-corrected chi connectivity index (χ4v) is 3.35. The van der Waals surface area contributed by atoms with E-state index in [1.807, 2.05) is 6.92 Å². The van der Waals surface area contributed by atoms with E-state index in [0.29, 0.717) is 6.42 Å². The van der Waals surface area contributed by atoms with E-state index in [1.54, 1.807) is 18.2 Å². The van der Waals surface area contributed by atoms with Gasteiger partial charge in [-0.3, -0.25) is 4.72 Å². The molecular formula is C16H17NO5S. The summed E-state index contributed by atoms with van der Waals surface area (Å²) in [6.07, 6.45) is 0.682. The lowest BCUT2D eigenvalue weighted by atomic mass is 10.2. The molecule has 0 saturated carbocycles. The van der Waals surface area contributed by atoms with Gasteiger partial charge in [0.1, 0.15) is 10.6 Å². The molecule has 0 aliphatic heterocycles. The third kappa shape index (κ3) is 3.81. The van der Waals surface area contributed by atoms with Crippen molar-refractivity contribution in [1.82, 2.24) is 0 Å². The van der Waals surface area contributed by atoms with Crippen LogP contribution in [-0.4, -0.2) is 26.6 Å². The van der Waals surface area contributed by atoms with Gasteiger partial charge in [0.15, 0.2) is 0 Å².